The molecule has 0 radical (unpaired) electrons. The predicted octanol–water partition coefficient (Wildman–Crippen LogP) is 6.39. The van der Waals surface area contributed by atoms with E-state index >= 15 is 0 Å². The van der Waals surface area contributed by atoms with Gasteiger partial charge in [-0.25, -0.2) is 0 Å². The monoisotopic (exact) mass is 480 g/mol. The van der Waals surface area contributed by atoms with Crippen LogP contribution in [0.25, 0.3) is 0 Å². The SMILES string of the molecule is CCc1ccc(COC2(O)CCC3(C)C(=CCC4C3CCC3(C)C4CCC3(OC)C(C)=O)C2)cc1. The number of methoxy groups -OCH3 is 1. The molecule has 0 spiro atoms. The number of aliphatic hydroxyl groups is 1. The molecule has 5 rings (SSSR count). The molecule has 192 valence electrons. The third-order valence-electron chi connectivity index (χ3n) is 11.1. The summed E-state index contributed by atoms with van der Waals surface area (Å²) in [5.74, 6) is 0.820. The molecular weight excluding hydrogens is 436 g/mol. The fourth-order valence-corrected chi connectivity index (χ4v) is 8.89. The number of allylic oxidation sites excluding steroid dienone is 1. The van der Waals surface area contributed by atoms with Crippen molar-refractivity contribution in [1.29, 1.82) is 0 Å². The van der Waals surface area contributed by atoms with Gasteiger partial charge in [0.1, 0.15) is 5.60 Å². The van der Waals surface area contributed by atoms with Crippen molar-refractivity contribution in [3.63, 3.8) is 0 Å². The van der Waals surface area contributed by atoms with Crippen molar-refractivity contribution in [3.05, 3.63) is 47.0 Å². The van der Waals surface area contributed by atoms with Gasteiger partial charge in [-0.1, -0.05) is 56.7 Å². The van der Waals surface area contributed by atoms with E-state index < -0.39 is 11.4 Å². The van der Waals surface area contributed by atoms with E-state index in [-0.39, 0.29) is 16.6 Å². The van der Waals surface area contributed by atoms with E-state index in [1.54, 1.807) is 14.0 Å². The predicted molar refractivity (Wildman–Crippen MR) is 138 cm³/mol. The minimum absolute atomic E-state index is 0.0811. The van der Waals surface area contributed by atoms with Gasteiger partial charge in [0.25, 0.3) is 0 Å². The fraction of sp³-hybridized carbons (Fsp3) is 0.710. The summed E-state index contributed by atoms with van der Waals surface area (Å²) in [6, 6.07) is 8.52. The zero-order chi connectivity index (χ0) is 25.1. The van der Waals surface area contributed by atoms with Crippen LogP contribution in [0, 0.1) is 28.6 Å². The Morgan fingerprint density at radius 2 is 1.71 bits per heavy atom. The Balaban J connectivity index is 1.33. The van der Waals surface area contributed by atoms with Crippen LogP contribution in [-0.2, 0) is 27.3 Å². The van der Waals surface area contributed by atoms with E-state index in [0.29, 0.717) is 37.2 Å². The molecule has 1 N–H and O–H groups in total. The normalized spacial score (nSPS) is 42.6. The summed E-state index contributed by atoms with van der Waals surface area (Å²) >= 11 is 0. The Morgan fingerprint density at radius 3 is 2.37 bits per heavy atom. The Hall–Kier alpha value is -1.49. The summed E-state index contributed by atoms with van der Waals surface area (Å²) in [4.78, 5) is 12.8. The molecule has 4 aliphatic rings. The van der Waals surface area contributed by atoms with Gasteiger partial charge in [0.15, 0.2) is 11.6 Å². The number of hydrogen-bond acceptors (Lipinski definition) is 4. The van der Waals surface area contributed by atoms with E-state index in [2.05, 4.69) is 51.1 Å². The van der Waals surface area contributed by atoms with Crippen LogP contribution in [-0.4, -0.2) is 29.4 Å². The van der Waals surface area contributed by atoms with Crippen molar-refractivity contribution < 1.29 is 19.4 Å². The number of hydrogen-bond donors (Lipinski definition) is 1. The van der Waals surface area contributed by atoms with E-state index in [0.717, 1.165) is 50.5 Å². The van der Waals surface area contributed by atoms with E-state index in [1.165, 1.54) is 11.1 Å². The molecule has 4 heteroatoms. The highest BCUT2D eigenvalue weighted by atomic mass is 16.6. The van der Waals surface area contributed by atoms with Crippen LogP contribution >= 0.6 is 0 Å². The number of aryl methyl sites for hydroxylation is 1. The summed E-state index contributed by atoms with van der Waals surface area (Å²) in [6.07, 6.45) is 10.8. The lowest BCUT2D eigenvalue weighted by Crippen LogP contribution is -2.58. The number of carbonyl (C=O) groups is 1. The lowest BCUT2D eigenvalue weighted by atomic mass is 9.46. The summed E-state index contributed by atoms with van der Waals surface area (Å²) in [5.41, 5.74) is 3.23. The molecule has 35 heavy (non-hydrogen) atoms. The van der Waals surface area contributed by atoms with Crippen LogP contribution in [0.4, 0.5) is 0 Å². The molecule has 3 saturated carbocycles. The first-order valence-electron chi connectivity index (χ1n) is 13.8. The van der Waals surface area contributed by atoms with E-state index in [9.17, 15) is 9.90 Å². The van der Waals surface area contributed by atoms with Crippen molar-refractivity contribution in [2.24, 2.45) is 28.6 Å². The Labute approximate surface area is 211 Å². The first-order valence-corrected chi connectivity index (χ1v) is 13.8. The molecule has 0 heterocycles. The first kappa shape index (κ1) is 25.2. The van der Waals surface area contributed by atoms with Crippen LogP contribution in [0.15, 0.2) is 35.9 Å². The average molecular weight is 481 g/mol. The van der Waals surface area contributed by atoms with Gasteiger partial charge in [-0.15, -0.1) is 0 Å². The molecule has 1 aromatic carbocycles. The molecule has 0 aromatic heterocycles. The van der Waals surface area contributed by atoms with Crippen LogP contribution in [0.5, 0.6) is 0 Å². The van der Waals surface area contributed by atoms with Crippen molar-refractivity contribution in [2.45, 2.75) is 103 Å². The highest BCUT2D eigenvalue weighted by Crippen LogP contribution is 2.68. The smallest absolute Gasteiger partial charge is 0.169 e. The van der Waals surface area contributed by atoms with Crippen molar-refractivity contribution >= 4 is 5.78 Å². The maximum atomic E-state index is 12.8. The zero-order valence-corrected chi connectivity index (χ0v) is 22.4. The fourth-order valence-electron chi connectivity index (χ4n) is 8.89. The van der Waals surface area contributed by atoms with Gasteiger partial charge in [-0.3, -0.25) is 4.79 Å². The zero-order valence-electron chi connectivity index (χ0n) is 22.4. The molecule has 0 aliphatic heterocycles. The average Bonchev–Trinajstić information content (AvgIpc) is 3.17. The number of ketones is 1. The van der Waals surface area contributed by atoms with E-state index in [4.69, 9.17) is 9.47 Å². The second-order valence-corrected chi connectivity index (χ2v) is 12.4. The van der Waals surface area contributed by atoms with Crippen molar-refractivity contribution in [1.82, 2.24) is 0 Å². The number of fused-ring (bicyclic) bond motifs is 5. The quantitative estimate of drug-likeness (QED) is 0.379. The second kappa shape index (κ2) is 8.82. The molecule has 1 aromatic rings. The molecule has 4 nitrogen and oxygen atoms in total. The maximum absolute atomic E-state index is 12.8. The molecule has 0 saturated heterocycles. The Bertz CT molecular complexity index is 998. The molecule has 0 bridgehead atoms. The van der Waals surface area contributed by atoms with Gasteiger partial charge >= 0.3 is 0 Å². The second-order valence-electron chi connectivity index (χ2n) is 12.4. The van der Waals surface area contributed by atoms with Crippen LogP contribution in [0.3, 0.4) is 0 Å². The third kappa shape index (κ3) is 3.78. The number of benzene rings is 1. The van der Waals surface area contributed by atoms with Crippen LogP contribution in [0.2, 0.25) is 0 Å². The Morgan fingerprint density at radius 1 is 1.03 bits per heavy atom. The number of Topliss-reactive ketones (excluding diaryl/α,β-unsaturated/α-hetero) is 1. The van der Waals surface area contributed by atoms with Crippen molar-refractivity contribution in [2.75, 3.05) is 7.11 Å². The molecule has 4 aliphatic carbocycles. The molecule has 7 unspecified atom stereocenters. The van der Waals surface area contributed by atoms with Gasteiger partial charge in [0, 0.05) is 25.4 Å². The van der Waals surface area contributed by atoms with Gasteiger partial charge in [-0.2, -0.15) is 0 Å². The summed E-state index contributed by atoms with van der Waals surface area (Å²) < 4.78 is 12.2. The number of rotatable bonds is 6. The minimum Gasteiger partial charge on any atom is -0.370 e. The van der Waals surface area contributed by atoms with Crippen molar-refractivity contribution in [3.8, 4) is 0 Å². The van der Waals surface area contributed by atoms with Gasteiger partial charge in [-0.05, 0) is 86.2 Å². The largest absolute Gasteiger partial charge is 0.370 e. The first-order chi connectivity index (χ1) is 16.6. The molecule has 0 amide bonds. The highest BCUT2D eigenvalue weighted by molar-refractivity contribution is 5.86. The lowest BCUT2D eigenvalue weighted by Gasteiger charge is -2.59. The standard InChI is InChI=1S/C31H44O4/c1-6-22-7-9-23(10-8-22)20-35-30(33)18-17-28(3)24(19-30)11-12-25-26(28)13-15-29(4)27(25)14-16-31(29,34-5)21(2)32/h7-11,25-27,33H,6,12-20H2,1-5H3. The van der Waals surface area contributed by atoms with Gasteiger partial charge < -0.3 is 14.6 Å². The van der Waals surface area contributed by atoms with Crippen LogP contribution < -0.4 is 0 Å². The Kier molecular flexibility index (Phi) is 6.34. The van der Waals surface area contributed by atoms with E-state index in [1.807, 2.05) is 0 Å². The summed E-state index contributed by atoms with van der Waals surface area (Å²) in [5, 5.41) is 11.4. The van der Waals surface area contributed by atoms with Gasteiger partial charge in [0.05, 0.1) is 6.61 Å². The maximum Gasteiger partial charge on any atom is 0.169 e. The minimum atomic E-state index is -1.09. The lowest BCUT2D eigenvalue weighted by molar-refractivity contribution is -0.232. The molecule has 3 fully saturated rings. The number of carbonyl (C=O) groups excluding carboxylic acids is 1. The summed E-state index contributed by atoms with van der Waals surface area (Å²) in [6.45, 7) is 9.09. The topological polar surface area (TPSA) is 55.8 Å². The number of ether oxygens (including phenoxy) is 2. The summed E-state index contributed by atoms with van der Waals surface area (Å²) in [7, 11) is 1.74. The van der Waals surface area contributed by atoms with Crippen LogP contribution in [0.1, 0.15) is 90.2 Å². The third-order valence-corrected chi connectivity index (χ3v) is 11.1. The highest BCUT2D eigenvalue weighted by Gasteiger charge is 2.66. The van der Waals surface area contributed by atoms with Gasteiger partial charge in [0.2, 0.25) is 0 Å². The molecular formula is C31H44O4. The molecule has 7 atom stereocenters.